The van der Waals surface area contributed by atoms with Crippen LogP contribution < -0.4 is 5.32 Å². The van der Waals surface area contributed by atoms with Crippen molar-refractivity contribution in [2.75, 3.05) is 19.7 Å². The molecule has 150 valence electrons. The van der Waals surface area contributed by atoms with Gasteiger partial charge in [-0.15, -0.1) is 0 Å². The first-order valence-electron chi connectivity index (χ1n) is 8.87. The highest BCUT2D eigenvalue weighted by Gasteiger charge is 2.44. The lowest BCUT2D eigenvalue weighted by Crippen LogP contribution is -2.42. The molecule has 1 aliphatic heterocycles. The second-order valence-corrected chi connectivity index (χ2v) is 8.57. The summed E-state index contributed by atoms with van der Waals surface area (Å²) in [5.41, 5.74) is 1.76. The number of hydrogen-bond donors (Lipinski definition) is 2. The highest BCUT2D eigenvalue weighted by molar-refractivity contribution is 7.89. The van der Waals surface area contributed by atoms with Gasteiger partial charge in [0.2, 0.25) is 10.0 Å². The third-order valence-electron chi connectivity index (χ3n) is 4.51. The molecule has 0 aromatic heterocycles. The molecule has 0 unspecified atom stereocenters. The van der Waals surface area contributed by atoms with Gasteiger partial charge in [0.25, 0.3) is 5.91 Å². The number of carbonyl (C=O) groups excluding carboxylic acids is 2. The minimum absolute atomic E-state index is 0.0539. The van der Waals surface area contributed by atoms with Gasteiger partial charge in [0, 0.05) is 19.5 Å². The van der Waals surface area contributed by atoms with Crippen molar-refractivity contribution in [3.8, 4) is 0 Å². The Morgan fingerprint density at radius 3 is 2.63 bits per heavy atom. The normalized spacial score (nSPS) is 20.4. The zero-order valence-corrected chi connectivity index (χ0v) is 16.6. The van der Waals surface area contributed by atoms with Crippen molar-refractivity contribution in [2.45, 2.75) is 50.7 Å². The molecule has 0 aliphatic carbocycles. The fourth-order valence-corrected chi connectivity index (χ4v) is 4.53. The Morgan fingerprint density at radius 1 is 1.30 bits per heavy atom. The van der Waals surface area contributed by atoms with Gasteiger partial charge in [-0.2, -0.15) is 4.31 Å². The first kappa shape index (κ1) is 21.3. The molecule has 1 amide bonds. The van der Waals surface area contributed by atoms with E-state index in [1.807, 2.05) is 13.8 Å². The molecule has 0 saturated carbocycles. The monoisotopic (exact) mass is 398 g/mol. The second kappa shape index (κ2) is 8.81. The van der Waals surface area contributed by atoms with Gasteiger partial charge in [0.15, 0.2) is 6.61 Å². The van der Waals surface area contributed by atoms with Gasteiger partial charge in [-0.25, -0.2) is 8.42 Å². The summed E-state index contributed by atoms with van der Waals surface area (Å²) in [5.74, 6) is -1.29. The van der Waals surface area contributed by atoms with Gasteiger partial charge in [0.05, 0.1) is 11.0 Å². The summed E-state index contributed by atoms with van der Waals surface area (Å²) in [7, 11) is -3.99. The maximum absolute atomic E-state index is 13.0. The Kier molecular flexibility index (Phi) is 6.96. The number of amides is 1. The van der Waals surface area contributed by atoms with Crippen LogP contribution in [0.3, 0.4) is 0 Å². The summed E-state index contributed by atoms with van der Waals surface area (Å²) in [4.78, 5) is 24.0. The maximum Gasteiger partial charge on any atom is 0.325 e. The molecule has 2 rings (SSSR count). The van der Waals surface area contributed by atoms with E-state index in [1.165, 1.54) is 12.1 Å². The van der Waals surface area contributed by atoms with E-state index in [1.54, 1.807) is 13.0 Å². The molecule has 0 radical (unpaired) electrons. The highest BCUT2D eigenvalue weighted by Crippen LogP contribution is 2.28. The quantitative estimate of drug-likeness (QED) is 0.647. The molecule has 1 saturated heterocycles. The third-order valence-corrected chi connectivity index (χ3v) is 6.38. The van der Waals surface area contributed by atoms with E-state index in [-0.39, 0.29) is 17.9 Å². The molecule has 1 aromatic rings. The van der Waals surface area contributed by atoms with Gasteiger partial charge in [-0.1, -0.05) is 13.0 Å². The van der Waals surface area contributed by atoms with E-state index >= 15 is 0 Å². The summed E-state index contributed by atoms with van der Waals surface area (Å²) in [6.07, 6.45) is -0.298. The molecule has 2 N–H and O–H groups in total. The fourth-order valence-electron chi connectivity index (χ4n) is 2.82. The number of esters is 1. The number of nitrogens with zero attached hydrogens (tertiary/aromatic N) is 1. The van der Waals surface area contributed by atoms with Crippen LogP contribution in [0.5, 0.6) is 0 Å². The standard InChI is InChI=1S/C18H26N2O6S/c1-4-7-19-17(22)11-26-18(23)16-9-14(21)10-20(16)27(24,25)15-6-5-12(2)13(3)8-15/h5-6,8,14,16,21H,4,7,9-11H2,1-3H3,(H,19,22)/t14-,16+/m1/s1. The number of β-amino-alcohol motifs (C(OH)–C–C–N with tert-alkyl or cyclic N) is 1. The van der Waals surface area contributed by atoms with Gasteiger partial charge in [0.1, 0.15) is 6.04 Å². The van der Waals surface area contributed by atoms with Crippen molar-refractivity contribution in [3.63, 3.8) is 0 Å². The van der Waals surface area contributed by atoms with Crippen molar-refractivity contribution >= 4 is 21.9 Å². The summed E-state index contributed by atoms with van der Waals surface area (Å²) in [6.45, 7) is 5.34. The highest BCUT2D eigenvalue weighted by atomic mass is 32.2. The number of rotatable bonds is 7. The third kappa shape index (κ3) is 5.06. The van der Waals surface area contributed by atoms with Crippen LogP contribution in [0.25, 0.3) is 0 Å². The summed E-state index contributed by atoms with van der Waals surface area (Å²) in [5, 5.41) is 12.5. The molecule has 0 spiro atoms. The minimum Gasteiger partial charge on any atom is -0.454 e. The lowest BCUT2D eigenvalue weighted by Gasteiger charge is -2.22. The first-order chi connectivity index (χ1) is 12.7. The van der Waals surface area contributed by atoms with Crippen LogP contribution in [0, 0.1) is 13.8 Å². The lowest BCUT2D eigenvalue weighted by molar-refractivity contribution is -0.151. The van der Waals surface area contributed by atoms with Crippen LogP contribution in [-0.4, -0.2) is 61.5 Å². The number of aryl methyl sites for hydroxylation is 2. The Labute approximate surface area is 159 Å². The number of aliphatic hydroxyl groups excluding tert-OH is 1. The average molecular weight is 398 g/mol. The Balaban J connectivity index is 2.15. The number of benzene rings is 1. The summed E-state index contributed by atoms with van der Waals surface area (Å²) in [6, 6.07) is 3.55. The molecular formula is C18H26N2O6S. The van der Waals surface area contributed by atoms with Crippen molar-refractivity contribution in [1.29, 1.82) is 0 Å². The molecule has 1 heterocycles. The smallest absolute Gasteiger partial charge is 0.325 e. The number of nitrogens with one attached hydrogen (secondary N) is 1. The van der Waals surface area contributed by atoms with Crippen LogP contribution in [0.2, 0.25) is 0 Å². The molecule has 2 atom stereocenters. The van der Waals surface area contributed by atoms with Crippen LogP contribution >= 0.6 is 0 Å². The van der Waals surface area contributed by atoms with Crippen LogP contribution in [0.15, 0.2) is 23.1 Å². The molecule has 0 bridgehead atoms. The minimum atomic E-state index is -3.99. The summed E-state index contributed by atoms with van der Waals surface area (Å²) >= 11 is 0. The average Bonchev–Trinajstić information content (AvgIpc) is 3.02. The molecule has 1 aromatic carbocycles. The molecule has 27 heavy (non-hydrogen) atoms. The largest absolute Gasteiger partial charge is 0.454 e. The van der Waals surface area contributed by atoms with Crippen LogP contribution in [0.1, 0.15) is 30.9 Å². The lowest BCUT2D eigenvalue weighted by atomic mass is 10.1. The van der Waals surface area contributed by atoms with Crippen molar-refractivity contribution < 1.29 is 27.9 Å². The number of carbonyl (C=O) groups is 2. The maximum atomic E-state index is 13.0. The van der Waals surface area contributed by atoms with Gasteiger partial charge < -0.3 is 15.2 Å². The predicted octanol–water partition coefficient (Wildman–Crippen LogP) is 0.497. The van der Waals surface area contributed by atoms with E-state index in [9.17, 15) is 23.1 Å². The van der Waals surface area contributed by atoms with Crippen LogP contribution in [-0.2, 0) is 24.3 Å². The second-order valence-electron chi connectivity index (χ2n) is 6.68. The zero-order chi connectivity index (χ0) is 20.2. The number of ether oxygens (including phenoxy) is 1. The van der Waals surface area contributed by atoms with Gasteiger partial charge >= 0.3 is 5.97 Å². The van der Waals surface area contributed by atoms with E-state index in [0.29, 0.717) is 6.54 Å². The number of sulfonamides is 1. The van der Waals surface area contributed by atoms with E-state index in [4.69, 9.17) is 4.74 Å². The van der Waals surface area contributed by atoms with E-state index in [0.717, 1.165) is 21.9 Å². The first-order valence-corrected chi connectivity index (χ1v) is 10.3. The van der Waals surface area contributed by atoms with E-state index in [2.05, 4.69) is 5.32 Å². The number of hydrogen-bond acceptors (Lipinski definition) is 6. The molecule has 1 fully saturated rings. The van der Waals surface area contributed by atoms with Crippen molar-refractivity contribution in [3.05, 3.63) is 29.3 Å². The Bertz CT molecular complexity index is 808. The fraction of sp³-hybridized carbons (Fsp3) is 0.556. The molecular weight excluding hydrogens is 372 g/mol. The molecule has 8 nitrogen and oxygen atoms in total. The van der Waals surface area contributed by atoms with Crippen LogP contribution in [0.4, 0.5) is 0 Å². The number of aliphatic hydroxyl groups is 1. The summed E-state index contributed by atoms with van der Waals surface area (Å²) < 4.78 is 31.9. The molecule has 9 heteroatoms. The van der Waals surface area contributed by atoms with Crippen molar-refractivity contribution in [1.82, 2.24) is 9.62 Å². The Hall–Kier alpha value is -1.97. The SMILES string of the molecule is CCCNC(=O)COC(=O)[C@@H]1C[C@@H](O)CN1S(=O)(=O)c1ccc(C)c(C)c1. The van der Waals surface area contributed by atoms with Gasteiger partial charge in [-0.3, -0.25) is 9.59 Å². The Morgan fingerprint density at radius 2 is 2.00 bits per heavy atom. The zero-order valence-electron chi connectivity index (χ0n) is 15.8. The van der Waals surface area contributed by atoms with Gasteiger partial charge in [-0.05, 0) is 43.5 Å². The van der Waals surface area contributed by atoms with Crippen molar-refractivity contribution in [2.24, 2.45) is 0 Å². The predicted molar refractivity (Wildman–Crippen MR) is 98.5 cm³/mol. The topological polar surface area (TPSA) is 113 Å². The van der Waals surface area contributed by atoms with E-state index < -0.39 is 40.7 Å². The molecule has 1 aliphatic rings.